The number of hydrogen-bond acceptors (Lipinski definition) is 4. The van der Waals surface area contributed by atoms with Crippen molar-refractivity contribution in [1.29, 1.82) is 0 Å². The number of aryl methyl sites for hydroxylation is 2. The normalized spacial score (nSPS) is 20.4. The minimum absolute atomic E-state index is 0.00221. The summed E-state index contributed by atoms with van der Waals surface area (Å²) in [6.45, 7) is 3.88. The van der Waals surface area contributed by atoms with Gasteiger partial charge < -0.3 is 10.1 Å². The van der Waals surface area contributed by atoms with Gasteiger partial charge >= 0.3 is 6.01 Å². The Bertz CT molecular complexity index is 675. The molecule has 0 saturated heterocycles. The van der Waals surface area contributed by atoms with Crippen molar-refractivity contribution < 1.29 is 9.53 Å². The topological polar surface area (TPSA) is 64.1 Å². The Morgan fingerprint density at radius 3 is 2.29 bits per heavy atom. The molecule has 1 fully saturated rings. The monoisotopic (exact) mass is 325 g/mol. The van der Waals surface area contributed by atoms with Crippen LogP contribution in [0.3, 0.4) is 0 Å². The first kappa shape index (κ1) is 16.4. The highest BCUT2D eigenvalue weighted by Crippen LogP contribution is 2.23. The molecule has 2 aromatic rings. The van der Waals surface area contributed by atoms with E-state index in [0.29, 0.717) is 11.6 Å². The molecule has 0 aliphatic heterocycles. The largest absolute Gasteiger partial charge is 0.460 e. The molecule has 0 atom stereocenters. The average Bonchev–Trinajstić information content (AvgIpc) is 2.56. The zero-order chi connectivity index (χ0) is 16.9. The first-order chi connectivity index (χ1) is 11.6. The number of nitrogens with one attached hydrogen (secondary N) is 1. The lowest BCUT2D eigenvalue weighted by Crippen LogP contribution is -2.39. The van der Waals surface area contributed by atoms with E-state index in [9.17, 15) is 4.79 Å². The van der Waals surface area contributed by atoms with Gasteiger partial charge in [-0.2, -0.15) is 0 Å². The van der Waals surface area contributed by atoms with Crippen LogP contribution in [0.1, 0.15) is 47.4 Å². The second-order valence-electron chi connectivity index (χ2n) is 6.36. The predicted octanol–water partition coefficient (Wildman–Crippen LogP) is 3.21. The third-order valence-corrected chi connectivity index (χ3v) is 4.28. The van der Waals surface area contributed by atoms with Crippen molar-refractivity contribution in [3.8, 4) is 6.01 Å². The lowest BCUT2D eigenvalue weighted by molar-refractivity contribution is 0.0884. The molecular formula is C19H23N3O2. The summed E-state index contributed by atoms with van der Waals surface area (Å²) in [6.07, 6.45) is 3.74. The van der Waals surface area contributed by atoms with Crippen molar-refractivity contribution in [3.63, 3.8) is 0 Å². The van der Waals surface area contributed by atoms with Crippen LogP contribution in [0.2, 0.25) is 0 Å². The van der Waals surface area contributed by atoms with E-state index in [0.717, 1.165) is 37.1 Å². The maximum atomic E-state index is 12.2. The van der Waals surface area contributed by atoms with E-state index in [4.69, 9.17) is 4.74 Å². The van der Waals surface area contributed by atoms with Gasteiger partial charge in [-0.05, 0) is 57.7 Å². The second-order valence-corrected chi connectivity index (χ2v) is 6.36. The number of ether oxygens (including phenoxy) is 1. The standard InChI is InChI=1S/C19H23N3O2/c1-13-12-14(2)21-19(20-13)24-17-10-8-16(9-11-17)22-18(23)15-6-4-3-5-7-15/h3-7,12,16-17H,8-11H2,1-2H3,(H,22,23). The second kappa shape index (κ2) is 7.43. The molecule has 5 nitrogen and oxygen atoms in total. The zero-order valence-electron chi connectivity index (χ0n) is 14.2. The lowest BCUT2D eigenvalue weighted by Gasteiger charge is -2.29. The molecule has 0 radical (unpaired) electrons. The molecule has 0 spiro atoms. The highest BCUT2D eigenvalue weighted by atomic mass is 16.5. The SMILES string of the molecule is Cc1cc(C)nc(OC2CCC(NC(=O)c3ccccc3)CC2)n1. The van der Waals surface area contributed by atoms with Crippen molar-refractivity contribution >= 4 is 5.91 Å². The molecule has 24 heavy (non-hydrogen) atoms. The maximum Gasteiger partial charge on any atom is 0.317 e. The van der Waals surface area contributed by atoms with E-state index in [1.165, 1.54) is 0 Å². The van der Waals surface area contributed by atoms with E-state index >= 15 is 0 Å². The fourth-order valence-electron chi connectivity index (χ4n) is 3.08. The first-order valence-corrected chi connectivity index (χ1v) is 8.45. The predicted molar refractivity (Wildman–Crippen MR) is 92.1 cm³/mol. The summed E-state index contributed by atoms with van der Waals surface area (Å²) >= 11 is 0. The van der Waals surface area contributed by atoms with Crippen LogP contribution in [-0.4, -0.2) is 28.0 Å². The van der Waals surface area contributed by atoms with Crippen molar-refractivity contribution in [3.05, 3.63) is 53.3 Å². The summed E-state index contributed by atoms with van der Waals surface area (Å²) in [5, 5.41) is 3.11. The minimum Gasteiger partial charge on any atom is -0.460 e. The number of aromatic nitrogens is 2. The third kappa shape index (κ3) is 4.31. The smallest absolute Gasteiger partial charge is 0.317 e. The summed E-state index contributed by atoms with van der Waals surface area (Å²) < 4.78 is 5.92. The summed E-state index contributed by atoms with van der Waals surface area (Å²) in [5.74, 6) is -0.00221. The van der Waals surface area contributed by atoms with Crippen LogP contribution < -0.4 is 10.1 Å². The van der Waals surface area contributed by atoms with Crippen LogP contribution in [0.25, 0.3) is 0 Å². The summed E-state index contributed by atoms with van der Waals surface area (Å²) in [4.78, 5) is 20.9. The number of carbonyl (C=O) groups excluding carboxylic acids is 1. The zero-order valence-corrected chi connectivity index (χ0v) is 14.2. The van der Waals surface area contributed by atoms with Gasteiger partial charge in [0.15, 0.2) is 0 Å². The van der Waals surface area contributed by atoms with Gasteiger partial charge in [0.25, 0.3) is 5.91 Å². The number of nitrogens with zero attached hydrogens (tertiary/aromatic N) is 2. The van der Waals surface area contributed by atoms with E-state index < -0.39 is 0 Å². The highest BCUT2D eigenvalue weighted by molar-refractivity contribution is 5.94. The molecule has 0 unspecified atom stereocenters. The Labute approximate surface area is 142 Å². The average molecular weight is 325 g/mol. The number of benzene rings is 1. The minimum atomic E-state index is -0.00221. The van der Waals surface area contributed by atoms with Crippen LogP contribution in [0.4, 0.5) is 0 Å². The first-order valence-electron chi connectivity index (χ1n) is 8.45. The molecule has 126 valence electrons. The van der Waals surface area contributed by atoms with Crippen molar-refractivity contribution in [1.82, 2.24) is 15.3 Å². The summed E-state index contributed by atoms with van der Waals surface area (Å²) in [6, 6.07) is 11.9. The van der Waals surface area contributed by atoms with Gasteiger partial charge in [-0.15, -0.1) is 0 Å². The number of amides is 1. The lowest BCUT2D eigenvalue weighted by atomic mass is 9.92. The molecule has 1 heterocycles. The van der Waals surface area contributed by atoms with Crippen molar-refractivity contribution in [2.24, 2.45) is 0 Å². The van der Waals surface area contributed by atoms with Gasteiger partial charge in [0, 0.05) is 23.0 Å². The van der Waals surface area contributed by atoms with E-state index in [2.05, 4.69) is 15.3 Å². The number of hydrogen-bond donors (Lipinski definition) is 1. The van der Waals surface area contributed by atoms with E-state index in [1.807, 2.05) is 50.2 Å². The van der Waals surface area contributed by atoms with Crippen LogP contribution in [0.5, 0.6) is 6.01 Å². The van der Waals surface area contributed by atoms with Crippen molar-refractivity contribution in [2.45, 2.75) is 51.7 Å². The summed E-state index contributed by atoms with van der Waals surface area (Å²) in [7, 11) is 0. The fourth-order valence-corrected chi connectivity index (χ4v) is 3.08. The van der Waals surface area contributed by atoms with Gasteiger partial charge in [-0.3, -0.25) is 4.79 Å². The molecule has 1 saturated carbocycles. The van der Waals surface area contributed by atoms with E-state index in [1.54, 1.807) is 0 Å². The number of rotatable bonds is 4. The molecule has 5 heteroatoms. The Morgan fingerprint density at radius 2 is 1.67 bits per heavy atom. The molecule has 3 rings (SSSR count). The van der Waals surface area contributed by atoms with Crippen LogP contribution in [0, 0.1) is 13.8 Å². The molecule has 0 bridgehead atoms. The maximum absolute atomic E-state index is 12.2. The Balaban J connectivity index is 1.50. The van der Waals surface area contributed by atoms with Gasteiger partial charge in [-0.25, -0.2) is 9.97 Å². The molecule has 1 aromatic carbocycles. The Kier molecular flexibility index (Phi) is 5.08. The molecule has 1 N–H and O–H groups in total. The Hall–Kier alpha value is -2.43. The van der Waals surface area contributed by atoms with Gasteiger partial charge in [0.2, 0.25) is 0 Å². The van der Waals surface area contributed by atoms with Crippen LogP contribution >= 0.6 is 0 Å². The van der Waals surface area contributed by atoms with Gasteiger partial charge in [0.05, 0.1) is 0 Å². The fraction of sp³-hybridized carbons (Fsp3) is 0.421. The molecule has 1 aliphatic carbocycles. The molecule has 1 aliphatic rings. The molecule has 1 aromatic heterocycles. The quantitative estimate of drug-likeness (QED) is 0.937. The molecular weight excluding hydrogens is 302 g/mol. The van der Waals surface area contributed by atoms with Crippen LogP contribution in [-0.2, 0) is 0 Å². The molecule has 1 amide bonds. The van der Waals surface area contributed by atoms with Crippen molar-refractivity contribution in [2.75, 3.05) is 0 Å². The highest BCUT2D eigenvalue weighted by Gasteiger charge is 2.24. The summed E-state index contributed by atoms with van der Waals surface area (Å²) in [5.41, 5.74) is 2.54. The van der Waals surface area contributed by atoms with Gasteiger partial charge in [-0.1, -0.05) is 18.2 Å². The third-order valence-electron chi connectivity index (χ3n) is 4.28. The Morgan fingerprint density at radius 1 is 1.04 bits per heavy atom. The van der Waals surface area contributed by atoms with E-state index in [-0.39, 0.29) is 18.1 Å². The van der Waals surface area contributed by atoms with Crippen LogP contribution in [0.15, 0.2) is 36.4 Å². The number of carbonyl (C=O) groups is 1. The van der Waals surface area contributed by atoms with Gasteiger partial charge in [0.1, 0.15) is 6.10 Å².